The van der Waals surface area contributed by atoms with Crippen molar-refractivity contribution in [2.24, 2.45) is 0 Å². The number of carbonyl (C=O) groups is 2. The second-order valence-corrected chi connectivity index (χ2v) is 8.29. The molecule has 1 fully saturated rings. The fourth-order valence-electron chi connectivity index (χ4n) is 3.88. The van der Waals surface area contributed by atoms with E-state index in [4.69, 9.17) is 4.98 Å². The van der Waals surface area contributed by atoms with Gasteiger partial charge in [-0.25, -0.2) is 9.97 Å². The van der Waals surface area contributed by atoms with Crippen LogP contribution in [0, 0.1) is 10.1 Å². The topological polar surface area (TPSA) is 134 Å². The Hall–Kier alpha value is -4.54. The van der Waals surface area contributed by atoms with Crippen LogP contribution in [0.4, 0.5) is 17.3 Å². The second-order valence-electron chi connectivity index (χ2n) is 8.29. The van der Waals surface area contributed by atoms with Gasteiger partial charge in [0.1, 0.15) is 11.6 Å². The number of hydrogen-bond acceptors (Lipinski definition) is 8. The maximum Gasteiger partial charge on any atom is 0.269 e. The lowest BCUT2D eigenvalue weighted by atomic mass is 10.1. The quantitative estimate of drug-likeness (QED) is 0.280. The van der Waals surface area contributed by atoms with Gasteiger partial charge in [0.25, 0.3) is 11.6 Å². The molecule has 0 aliphatic carbocycles. The van der Waals surface area contributed by atoms with Crippen LogP contribution < -0.4 is 15.5 Å². The summed E-state index contributed by atoms with van der Waals surface area (Å²) in [6, 6.07) is 17.2. The number of hydrogen-bond donors (Lipinski definition) is 2. The number of non-ortho nitro benzene ring substituents is 1. The van der Waals surface area contributed by atoms with Gasteiger partial charge in [-0.05, 0) is 12.1 Å². The van der Waals surface area contributed by atoms with E-state index in [0.29, 0.717) is 56.5 Å². The first-order valence-corrected chi connectivity index (χ1v) is 11.6. The smallest absolute Gasteiger partial charge is 0.269 e. The van der Waals surface area contributed by atoms with Gasteiger partial charge in [-0.3, -0.25) is 19.7 Å². The lowest BCUT2D eigenvalue weighted by molar-refractivity contribution is -0.384. The molecule has 0 radical (unpaired) electrons. The molecule has 1 aromatic heterocycles. The predicted molar refractivity (Wildman–Crippen MR) is 136 cm³/mol. The number of aromatic nitrogens is 2. The van der Waals surface area contributed by atoms with Crippen molar-refractivity contribution in [3.8, 4) is 11.4 Å². The van der Waals surface area contributed by atoms with Gasteiger partial charge in [0.2, 0.25) is 5.91 Å². The second kappa shape index (κ2) is 11.3. The van der Waals surface area contributed by atoms with Crippen molar-refractivity contribution in [1.82, 2.24) is 20.2 Å². The van der Waals surface area contributed by atoms with Crippen molar-refractivity contribution >= 4 is 29.1 Å². The Labute approximate surface area is 208 Å². The van der Waals surface area contributed by atoms with Crippen LogP contribution in [0.25, 0.3) is 11.4 Å². The lowest BCUT2D eigenvalue weighted by Crippen LogP contribution is -2.49. The highest BCUT2D eigenvalue weighted by molar-refractivity contribution is 5.94. The van der Waals surface area contributed by atoms with Gasteiger partial charge in [0.15, 0.2) is 5.82 Å². The molecule has 1 aliphatic heterocycles. The van der Waals surface area contributed by atoms with Crippen molar-refractivity contribution in [2.75, 3.05) is 49.5 Å². The average Bonchev–Trinajstić information content (AvgIpc) is 2.91. The zero-order valence-electron chi connectivity index (χ0n) is 19.9. The molecule has 1 aliphatic rings. The van der Waals surface area contributed by atoms with Crippen molar-refractivity contribution < 1.29 is 14.5 Å². The fourth-order valence-corrected chi connectivity index (χ4v) is 3.88. The molecule has 0 spiro atoms. The number of nitrogens with zero attached hydrogens (tertiary/aromatic N) is 5. The van der Waals surface area contributed by atoms with Crippen LogP contribution in [-0.4, -0.2) is 70.9 Å². The Morgan fingerprint density at radius 1 is 0.972 bits per heavy atom. The van der Waals surface area contributed by atoms with Gasteiger partial charge in [0.05, 0.1) is 4.92 Å². The molecule has 2 heterocycles. The van der Waals surface area contributed by atoms with Crippen LogP contribution in [0.3, 0.4) is 0 Å². The number of nitrogens with one attached hydrogen (secondary N) is 2. The summed E-state index contributed by atoms with van der Waals surface area (Å²) in [7, 11) is 0. The van der Waals surface area contributed by atoms with Gasteiger partial charge < -0.3 is 20.4 Å². The zero-order valence-corrected chi connectivity index (χ0v) is 19.9. The van der Waals surface area contributed by atoms with Crippen LogP contribution in [-0.2, 0) is 4.79 Å². The van der Waals surface area contributed by atoms with Crippen molar-refractivity contribution in [2.45, 2.75) is 6.92 Å². The van der Waals surface area contributed by atoms with E-state index in [-0.39, 0.29) is 17.5 Å². The van der Waals surface area contributed by atoms with E-state index in [1.165, 1.54) is 31.2 Å². The van der Waals surface area contributed by atoms with Gasteiger partial charge in [0, 0.05) is 75.5 Å². The predicted octanol–water partition coefficient (Wildman–Crippen LogP) is 2.56. The van der Waals surface area contributed by atoms with E-state index in [2.05, 4.69) is 20.5 Å². The molecule has 11 nitrogen and oxygen atoms in total. The van der Waals surface area contributed by atoms with E-state index in [9.17, 15) is 19.7 Å². The monoisotopic (exact) mass is 489 g/mol. The third-order valence-electron chi connectivity index (χ3n) is 5.77. The van der Waals surface area contributed by atoms with Crippen LogP contribution in [0.1, 0.15) is 17.3 Å². The van der Waals surface area contributed by atoms with E-state index >= 15 is 0 Å². The third-order valence-corrected chi connectivity index (χ3v) is 5.77. The standard InChI is InChI=1S/C25H27N7O4/c1-18(33)26-11-12-27-22-17-23(29-24(28-22)19-5-3-2-4-6-19)30-13-15-31(16-14-30)25(34)20-7-9-21(10-8-20)32(35)36/h2-10,17H,11-16H2,1H3,(H,26,33)(H,27,28,29). The van der Waals surface area contributed by atoms with Crippen LogP contribution in [0.15, 0.2) is 60.7 Å². The van der Waals surface area contributed by atoms with Crippen LogP contribution in [0.5, 0.6) is 0 Å². The molecule has 2 amide bonds. The summed E-state index contributed by atoms with van der Waals surface area (Å²) in [5.74, 6) is 1.73. The lowest BCUT2D eigenvalue weighted by Gasteiger charge is -2.35. The molecular formula is C25H27N7O4. The number of piperazine rings is 1. The summed E-state index contributed by atoms with van der Waals surface area (Å²) in [6.07, 6.45) is 0. The number of anilines is 2. The molecule has 2 aromatic carbocycles. The summed E-state index contributed by atoms with van der Waals surface area (Å²) in [4.78, 5) is 47.7. The minimum absolute atomic E-state index is 0.0455. The Morgan fingerprint density at radius 2 is 1.67 bits per heavy atom. The van der Waals surface area contributed by atoms with Gasteiger partial charge in [-0.1, -0.05) is 30.3 Å². The minimum atomic E-state index is -0.485. The molecular weight excluding hydrogens is 462 g/mol. The summed E-state index contributed by atoms with van der Waals surface area (Å²) < 4.78 is 0. The van der Waals surface area contributed by atoms with Crippen molar-refractivity contribution in [3.05, 3.63) is 76.3 Å². The molecule has 0 atom stereocenters. The number of nitro groups is 1. The first-order valence-electron chi connectivity index (χ1n) is 11.6. The van der Waals surface area contributed by atoms with Crippen LogP contribution in [0.2, 0.25) is 0 Å². The van der Waals surface area contributed by atoms with Crippen molar-refractivity contribution in [3.63, 3.8) is 0 Å². The van der Waals surface area contributed by atoms with E-state index in [1.54, 1.807) is 4.90 Å². The highest BCUT2D eigenvalue weighted by Crippen LogP contribution is 2.24. The largest absolute Gasteiger partial charge is 0.368 e. The van der Waals surface area contributed by atoms with E-state index in [1.807, 2.05) is 36.4 Å². The SMILES string of the molecule is CC(=O)NCCNc1cc(N2CCN(C(=O)c3ccc([N+](=O)[O-])cc3)CC2)nc(-c2ccccc2)n1. The number of carbonyl (C=O) groups excluding carboxylic acids is 2. The summed E-state index contributed by atoms with van der Waals surface area (Å²) in [5, 5.41) is 16.9. The molecule has 1 saturated heterocycles. The molecule has 0 unspecified atom stereocenters. The van der Waals surface area contributed by atoms with Gasteiger partial charge >= 0.3 is 0 Å². The van der Waals surface area contributed by atoms with Crippen molar-refractivity contribution in [1.29, 1.82) is 0 Å². The number of nitro benzene ring substituents is 1. The third kappa shape index (κ3) is 6.12. The average molecular weight is 490 g/mol. The Balaban J connectivity index is 1.46. The normalized spacial score (nSPS) is 13.2. The zero-order chi connectivity index (χ0) is 25.5. The number of amides is 2. The summed E-state index contributed by atoms with van der Waals surface area (Å²) in [6.45, 7) is 4.60. The first-order chi connectivity index (χ1) is 17.4. The Morgan fingerprint density at radius 3 is 2.31 bits per heavy atom. The molecule has 2 N–H and O–H groups in total. The first kappa shape index (κ1) is 24.6. The highest BCUT2D eigenvalue weighted by Gasteiger charge is 2.24. The molecule has 4 rings (SSSR count). The number of rotatable bonds is 8. The number of benzene rings is 2. The maximum atomic E-state index is 12.9. The maximum absolute atomic E-state index is 12.9. The molecule has 3 aromatic rings. The molecule has 0 saturated carbocycles. The summed E-state index contributed by atoms with van der Waals surface area (Å²) in [5.41, 5.74) is 1.26. The van der Waals surface area contributed by atoms with E-state index in [0.717, 1.165) is 11.4 Å². The molecule has 0 bridgehead atoms. The summed E-state index contributed by atoms with van der Waals surface area (Å²) >= 11 is 0. The van der Waals surface area contributed by atoms with E-state index < -0.39 is 4.92 Å². The minimum Gasteiger partial charge on any atom is -0.368 e. The molecule has 36 heavy (non-hydrogen) atoms. The van der Waals surface area contributed by atoms with Gasteiger partial charge in [-0.2, -0.15) is 0 Å². The van der Waals surface area contributed by atoms with Crippen LogP contribution >= 0.6 is 0 Å². The fraction of sp³-hybridized carbons (Fsp3) is 0.280. The molecule has 11 heteroatoms. The molecule has 186 valence electrons. The Bertz CT molecular complexity index is 1230. The van der Waals surface area contributed by atoms with Gasteiger partial charge in [-0.15, -0.1) is 0 Å². The highest BCUT2D eigenvalue weighted by atomic mass is 16.6. The Kier molecular flexibility index (Phi) is 7.69.